The van der Waals surface area contributed by atoms with E-state index in [1.54, 1.807) is 0 Å². The molecule has 0 aromatic heterocycles. The van der Waals surface area contributed by atoms with E-state index in [0.717, 1.165) is 12.8 Å². The van der Waals surface area contributed by atoms with Crippen LogP contribution in [-0.4, -0.2) is 6.10 Å². The Morgan fingerprint density at radius 3 is 2.00 bits per heavy atom. The van der Waals surface area contributed by atoms with Gasteiger partial charge in [-0.25, -0.2) is 0 Å². The second kappa shape index (κ2) is 12.1. The van der Waals surface area contributed by atoms with E-state index in [4.69, 9.17) is 4.52 Å². The van der Waals surface area contributed by atoms with Crippen molar-refractivity contribution in [2.24, 2.45) is 0 Å². The number of hydrogen-bond donors (Lipinski definition) is 0. The van der Waals surface area contributed by atoms with Crippen LogP contribution in [-0.2, 0) is 9.09 Å². The van der Waals surface area contributed by atoms with Gasteiger partial charge in [0.05, 0.1) is 0 Å². The lowest BCUT2D eigenvalue weighted by atomic mass is 10.0. The van der Waals surface area contributed by atoms with Gasteiger partial charge in [-0.15, -0.1) is 4.52 Å². The van der Waals surface area contributed by atoms with E-state index in [-0.39, 0.29) is 6.10 Å². The maximum absolute atomic E-state index is 10.5. The highest BCUT2D eigenvalue weighted by atomic mass is 31.1. The summed E-state index contributed by atoms with van der Waals surface area (Å²) in [4.78, 5) is 0. The fourth-order valence-electron chi connectivity index (χ4n) is 1.75. The molecule has 0 aliphatic carbocycles. The van der Waals surface area contributed by atoms with Crippen molar-refractivity contribution in [2.75, 3.05) is 0 Å². The van der Waals surface area contributed by atoms with Crippen molar-refractivity contribution in [1.82, 2.24) is 0 Å². The minimum Gasteiger partial charge on any atom is -0.145 e. The summed E-state index contributed by atoms with van der Waals surface area (Å²) in [6.07, 6.45) is 11.2. The topological polar surface area (TPSA) is 26.3 Å². The predicted molar refractivity (Wildman–Crippen MR) is 66.8 cm³/mol. The fraction of sp³-hybridized carbons (Fsp3) is 1.00. The molecule has 2 atom stereocenters. The van der Waals surface area contributed by atoms with Gasteiger partial charge in [-0.2, -0.15) is 0 Å². The van der Waals surface area contributed by atoms with Gasteiger partial charge in [-0.1, -0.05) is 58.8 Å². The van der Waals surface area contributed by atoms with E-state index in [1.807, 2.05) is 0 Å². The summed E-state index contributed by atoms with van der Waals surface area (Å²) < 4.78 is 15.7. The van der Waals surface area contributed by atoms with Crippen molar-refractivity contribution in [2.45, 2.75) is 77.7 Å². The predicted octanol–water partition coefficient (Wildman–Crippen LogP) is 4.86. The number of unbranched alkanes of at least 4 members (excludes halogenated alkanes) is 5. The molecule has 2 unspecified atom stereocenters. The van der Waals surface area contributed by atoms with Crippen LogP contribution in [0.1, 0.15) is 71.6 Å². The van der Waals surface area contributed by atoms with E-state index in [0.29, 0.717) is 0 Å². The molecule has 0 fully saturated rings. The van der Waals surface area contributed by atoms with Gasteiger partial charge >= 0.3 is 8.69 Å². The Morgan fingerprint density at radius 2 is 1.47 bits per heavy atom. The van der Waals surface area contributed by atoms with E-state index < -0.39 is 8.69 Å². The van der Waals surface area contributed by atoms with Crippen molar-refractivity contribution in [3.63, 3.8) is 0 Å². The summed E-state index contributed by atoms with van der Waals surface area (Å²) in [6, 6.07) is 0. The zero-order valence-corrected chi connectivity index (χ0v) is 11.3. The van der Waals surface area contributed by atoms with Gasteiger partial charge in [-0.3, -0.25) is 0 Å². The van der Waals surface area contributed by atoms with Gasteiger partial charge in [0.2, 0.25) is 0 Å². The lowest BCUT2D eigenvalue weighted by Crippen LogP contribution is -2.07. The molecule has 0 rings (SSSR count). The smallest absolute Gasteiger partial charge is 0.145 e. The van der Waals surface area contributed by atoms with Crippen LogP contribution in [0.4, 0.5) is 0 Å². The largest absolute Gasteiger partial charge is 0.494 e. The molecule has 90 valence electrons. The quantitative estimate of drug-likeness (QED) is 0.376. The highest BCUT2D eigenvalue weighted by molar-refractivity contribution is 7.17. The van der Waals surface area contributed by atoms with Crippen LogP contribution in [0, 0.1) is 0 Å². The summed E-state index contributed by atoms with van der Waals surface area (Å²) in [5, 5.41) is 0. The SMILES string of the molecule is CCCCCCC(CCCCC)O[PH+]=O. The Kier molecular flexibility index (Phi) is 12.2. The molecule has 0 aromatic carbocycles. The van der Waals surface area contributed by atoms with Crippen LogP contribution in [0.25, 0.3) is 0 Å². The number of rotatable bonds is 11. The van der Waals surface area contributed by atoms with Gasteiger partial charge < -0.3 is 0 Å². The van der Waals surface area contributed by atoms with Crippen LogP contribution in [0.15, 0.2) is 0 Å². The molecule has 0 spiro atoms. The Bertz CT molecular complexity index is 140. The molecular formula is C12H26O2P+. The zero-order chi connectivity index (χ0) is 11.4. The average molecular weight is 233 g/mol. The van der Waals surface area contributed by atoms with Gasteiger partial charge in [-0.05, 0) is 17.4 Å². The number of hydrogen-bond acceptors (Lipinski definition) is 2. The van der Waals surface area contributed by atoms with E-state index in [9.17, 15) is 4.57 Å². The lowest BCUT2D eigenvalue weighted by Gasteiger charge is -2.09. The monoisotopic (exact) mass is 233 g/mol. The maximum atomic E-state index is 10.5. The molecule has 0 aromatic rings. The standard InChI is InChI=1S/C12H26O2P/c1-3-5-7-9-11-12(14-15-13)10-8-6-4-2/h12,15H,3-11H2,1-2H3/q+1. The zero-order valence-electron chi connectivity index (χ0n) is 10.3. The summed E-state index contributed by atoms with van der Waals surface area (Å²) in [7, 11) is -0.588. The molecule has 0 radical (unpaired) electrons. The lowest BCUT2D eigenvalue weighted by molar-refractivity contribution is 0.192. The third-order valence-electron chi connectivity index (χ3n) is 2.72. The first-order valence-electron chi connectivity index (χ1n) is 6.37. The summed E-state index contributed by atoms with van der Waals surface area (Å²) in [5.41, 5.74) is 0. The highest BCUT2D eigenvalue weighted by Crippen LogP contribution is 2.18. The fourth-order valence-corrected chi connectivity index (χ4v) is 2.12. The second-order valence-electron chi connectivity index (χ2n) is 4.17. The Morgan fingerprint density at radius 1 is 0.933 bits per heavy atom. The first-order valence-corrected chi connectivity index (χ1v) is 7.19. The average Bonchev–Trinajstić information content (AvgIpc) is 2.24. The third-order valence-corrected chi connectivity index (χ3v) is 3.15. The van der Waals surface area contributed by atoms with Crippen molar-refractivity contribution < 1.29 is 9.09 Å². The third kappa shape index (κ3) is 10.3. The molecule has 0 aliphatic heterocycles. The molecule has 2 nitrogen and oxygen atoms in total. The van der Waals surface area contributed by atoms with Crippen molar-refractivity contribution in [3.8, 4) is 0 Å². The van der Waals surface area contributed by atoms with Gasteiger partial charge in [0, 0.05) is 0 Å². The second-order valence-corrected chi connectivity index (χ2v) is 4.57. The molecule has 0 bridgehead atoms. The molecule has 0 saturated carbocycles. The van der Waals surface area contributed by atoms with Gasteiger partial charge in [0.15, 0.2) is 0 Å². The van der Waals surface area contributed by atoms with E-state index in [2.05, 4.69) is 13.8 Å². The normalized spacial score (nSPS) is 13.2. The van der Waals surface area contributed by atoms with E-state index in [1.165, 1.54) is 44.9 Å². The summed E-state index contributed by atoms with van der Waals surface area (Å²) in [6.45, 7) is 4.42. The van der Waals surface area contributed by atoms with Crippen LogP contribution in [0.2, 0.25) is 0 Å². The molecule has 0 saturated heterocycles. The van der Waals surface area contributed by atoms with Crippen molar-refractivity contribution in [3.05, 3.63) is 0 Å². The molecule has 0 amide bonds. The Labute approximate surface area is 96.1 Å². The van der Waals surface area contributed by atoms with Gasteiger partial charge in [0.1, 0.15) is 6.10 Å². The maximum Gasteiger partial charge on any atom is 0.494 e. The molecule has 15 heavy (non-hydrogen) atoms. The summed E-state index contributed by atoms with van der Waals surface area (Å²) in [5.74, 6) is 0. The first kappa shape index (κ1) is 15.1. The minimum atomic E-state index is -0.588. The molecule has 0 N–H and O–H groups in total. The molecule has 0 heterocycles. The molecule has 3 heteroatoms. The molecular weight excluding hydrogens is 207 g/mol. The van der Waals surface area contributed by atoms with Crippen LogP contribution in [0.3, 0.4) is 0 Å². The highest BCUT2D eigenvalue weighted by Gasteiger charge is 2.12. The van der Waals surface area contributed by atoms with Crippen LogP contribution in [0.5, 0.6) is 0 Å². The van der Waals surface area contributed by atoms with E-state index >= 15 is 0 Å². The van der Waals surface area contributed by atoms with Gasteiger partial charge in [0.25, 0.3) is 0 Å². The Hall–Kier alpha value is 0.0600. The van der Waals surface area contributed by atoms with Crippen molar-refractivity contribution in [1.29, 1.82) is 0 Å². The molecule has 0 aliphatic rings. The first-order chi connectivity index (χ1) is 7.35. The Balaban J connectivity index is 3.48. The summed E-state index contributed by atoms with van der Waals surface area (Å²) >= 11 is 0. The van der Waals surface area contributed by atoms with Crippen LogP contribution < -0.4 is 0 Å². The minimum absolute atomic E-state index is 0.240. The van der Waals surface area contributed by atoms with Crippen LogP contribution >= 0.6 is 8.69 Å². The van der Waals surface area contributed by atoms with Crippen molar-refractivity contribution >= 4 is 8.69 Å².